The summed E-state index contributed by atoms with van der Waals surface area (Å²) in [6.45, 7) is 14.6. The average molecular weight is 551 g/mol. The molecular weight excluding hydrogens is 488 g/mol. The van der Waals surface area contributed by atoms with E-state index in [0.717, 1.165) is 50.9 Å². The van der Waals surface area contributed by atoms with Gasteiger partial charge in [-0.1, -0.05) is 66.7 Å². The van der Waals surface area contributed by atoms with Gasteiger partial charge in [-0.3, -0.25) is 9.59 Å². The predicted molar refractivity (Wildman–Crippen MR) is 159 cm³/mol. The molecule has 0 spiro atoms. The maximum atomic E-state index is 13.2. The van der Waals surface area contributed by atoms with Crippen molar-refractivity contribution in [2.75, 3.05) is 0 Å². The van der Waals surface area contributed by atoms with E-state index in [9.17, 15) is 14.7 Å². The van der Waals surface area contributed by atoms with Crippen LogP contribution in [0, 0.1) is 17.3 Å². The third kappa shape index (κ3) is 10.7. The first-order valence-corrected chi connectivity index (χ1v) is 16.5. The standard InChI is InChI=1S/C26H42O5.C5H12.C3H8/c1-4-5-6-21(27)30-24(3)14-20-13-23(2,29)17-26(15-20,18-24)31-22(28)16-25-10-7-19(8-11-25)9-12-25;1-3-5-4-2;1-3-2/h19-20,29H,4-18H2,1-3H3;3-5H2,1-2H3;3H2,1-2H3. The van der Waals surface area contributed by atoms with Crippen molar-refractivity contribution in [3.8, 4) is 0 Å². The van der Waals surface area contributed by atoms with Crippen LogP contribution >= 0.6 is 0 Å². The van der Waals surface area contributed by atoms with Gasteiger partial charge in [-0.15, -0.1) is 0 Å². The summed E-state index contributed by atoms with van der Waals surface area (Å²) in [4.78, 5) is 25.6. The number of esters is 2. The minimum Gasteiger partial charge on any atom is -0.459 e. The molecule has 0 aromatic heterocycles. The van der Waals surface area contributed by atoms with Crippen molar-refractivity contribution >= 4 is 11.9 Å². The fourth-order valence-electron chi connectivity index (χ4n) is 8.08. The number of carbonyl (C=O) groups excluding carboxylic acids is 2. The number of ether oxygens (including phenoxy) is 2. The second kappa shape index (κ2) is 15.2. The van der Waals surface area contributed by atoms with Crippen LogP contribution < -0.4 is 0 Å². The lowest BCUT2D eigenvalue weighted by atomic mass is 9.59. The average Bonchev–Trinajstić information content (AvgIpc) is 2.82. The van der Waals surface area contributed by atoms with Crippen molar-refractivity contribution in [2.24, 2.45) is 17.3 Å². The van der Waals surface area contributed by atoms with Crippen LogP contribution in [-0.4, -0.2) is 33.8 Å². The largest absolute Gasteiger partial charge is 0.459 e. The summed E-state index contributed by atoms with van der Waals surface area (Å²) in [5, 5.41) is 11.0. The van der Waals surface area contributed by atoms with E-state index in [4.69, 9.17) is 9.47 Å². The molecule has 0 heterocycles. The molecule has 0 saturated heterocycles. The lowest BCUT2D eigenvalue weighted by molar-refractivity contribution is -0.217. The fourth-order valence-corrected chi connectivity index (χ4v) is 8.08. The molecule has 0 aromatic carbocycles. The van der Waals surface area contributed by atoms with Crippen molar-refractivity contribution in [3.63, 3.8) is 0 Å². The maximum absolute atomic E-state index is 13.2. The second-order valence-electron chi connectivity index (χ2n) is 14.2. The molecule has 0 aromatic rings. The molecule has 39 heavy (non-hydrogen) atoms. The topological polar surface area (TPSA) is 72.8 Å². The van der Waals surface area contributed by atoms with Gasteiger partial charge in [-0.25, -0.2) is 0 Å². The number of carbonyl (C=O) groups is 2. The zero-order valence-electron chi connectivity index (χ0n) is 26.7. The van der Waals surface area contributed by atoms with Gasteiger partial charge >= 0.3 is 11.9 Å². The van der Waals surface area contributed by atoms with E-state index in [1.807, 2.05) is 13.8 Å². The van der Waals surface area contributed by atoms with Crippen LogP contribution in [-0.2, 0) is 19.1 Å². The molecule has 5 aliphatic carbocycles. The highest BCUT2D eigenvalue weighted by Gasteiger charge is 2.57. The number of rotatable bonds is 9. The molecule has 228 valence electrons. The van der Waals surface area contributed by atoms with Crippen LogP contribution in [0.25, 0.3) is 0 Å². The molecule has 0 radical (unpaired) electrons. The molecule has 5 heteroatoms. The summed E-state index contributed by atoms with van der Waals surface area (Å²) in [7, 11) is 0. The Bertz CT molecular complexity index is 737. The Morgan fingerprint density at radius 2 is 1.31 bits per heavy atom. The van der Waals surface area contributed by atoms with E-state index in [1.165, 1.54) is 44.9 Å². The maximum Gasteiger partial charge on any atom is 0.306 e. The zero-order valence-corrected chi connectivity index (χ0v) is 26.7. The first-order chi connectivity index (χ1) is 18.4. The lowest BCUT2D eigenvalue weighted by Crippen LogP contribution is -2.59. The Hall–Kier alpha value is -1.10. The molecule has 5 rings (SSSR count). The lowest BCUT2D eigenvalue weighted by Gasteiger charge is -2.55. The van der Waals surface area contributed by atoms with E-state index >= 15 is 0 Å². The molecule has 0 amide bonds. The molecular formula is C34H62O5. The van der Waals surface area contributed by atoms with Crippen molar-refractivity contribution in [2.45, 2.75) is 187 Å². The molecule has 5 aliphatic rings. The summed E-state index contributed by atoms with van der Waals surface area (Å²) >= 11 is 0. The third-order valence-corrected chi connectivity index (χ3v) is 9.41. The van der Waals surface area contributed by atoms with Crippen LogP contribution in [0.4, 0.5) is 0 Å². The summed E-state index contributed by atoms with van der Waals surface area (Å²) in [6, 6.07) is 0. The monoisotopic (exact) mass is 550 g/mol. The summed E-state index contributed by atoms with van der Waals surface area (Å²) in [5.41, 5.74) is -2.09. The molecule has 4 unspecified atom stereocenters. The SMILES string of the molecule is CCC.CCCCC.CCCCC(=O)OC1(C)CC2CC(C)(O)CC(OC(=O)CC34CCC(CC3)CC4)(C2)C1. The number of unbranched alkanes of at least 4 members (excludes halogenated alkanes) is 3. The van der Waals surface area contributed by atoms with Gasteiger partial charge in [0.15, 0.2) is 0 Å². The van der Waals surface area contributed by atoms with Crippen LogP contribution in [0.5, 0.6) is 0 Å². The van der Waals surface area contributed by atoms with Crippen molar-refractivity contribution in [1.29, 1.82) is 0 Å². The first-order valence-electron chi connectivity index (χ1n) is 16.5. The van der Waals surface area contributed by atoms with Crippen LogP contribution in [0.3, 0.4) is 0 Å². The van der Waals surface area contributed by atoms with Gasteiger partial charge in [0.05, 0.1) is 12.0 Å². The number of hydrogen-bond acceptors (Lipinski definition) is 5. The molecule has 4 bridgehead atoms. The molecule has 4 atom stereocenters. The molecule has 5 saturated carbocycles. The van der Waals surface area contributed by atoms with Gasteiger partial charge < -0.3 is 14.6 Å². The van der Waals surface area contributed by atoms with Gasteiger partial charge in [0.25, 0.3) is 0 Å². The third-order valence-electron chi connectivity index (χ3n) is 9.41. The zero-order chi connectivity index (χ0) is 29.2. The quantitative estimate of drug-likeness (QED) is 0.290. The van der Waals surface area contributed by atoms with E-state index in [0.29, 0.717) is 32.1 Å². The minimum absolute atomic E-state index is 0.113. The van der Waals surface area contributed by atoms with Crippen molar-refractivity contribution < 1.29 is 24.2 Å². The van der Waals surface area contributed by atoms with Gasteiger partial charge in [0.2, 0.25) is 0 Å². The van der Waals surface area contributed by atoms with Gasteiger partial charge in [0.1, 0.15) is 11.2 Å². The Kier molecular flexibility index (Phi) is 13.3. The smallest absolute Gasteiger partial charge is 0.306 e. The Balaban J connectivity index is 0.000000590. The van der Waals surface area contributed by atoms with Crippen LogP contribution in [0.2, 0.25) is 0 Å². The number of hydrogen-bond donors (Lipinski definition) is 1. The Morgan fingerprint density at radius 3 is 1.82 bits per heavy atom. The summed E-state index contributed by atoms with van der Waals surface area (Å²) < 4.78 is 12.3. The highest BCUT2D eigenvalue weighted by Crippen LogP contribution is 2.55. The van der Waals surface area contributed by atoms with Gasteiger partial charge in [0, 0.05) is 19.3 Å². The number of fused-ring (bicyclic) bond motifs is 5. The molecule has 5 nitrogen and oxygen atoms in total. The highest BCUT2D eigenvalue weighted by molar-refractivity contribution is 5.71. The van der Waals surface area contributed by atoms with E-state index in [2.05, 4.69) is 34.6 Å². The van der Waals surface area contributed by atoms with E-state index in [-0.39, 0.29) is 23.3 Å². The first kappa shape index (κ1) is 34.1. The van der Waals surface area contributed by atoms with Crippen LogP contribution in [0.1, 0.15) is 170 Å². The second-order valence-corrected chi connectivity index (χ2v) is 14.2. The van der Waals surface area contributed by atoms with Gasteiger partial charge in [-0.2, -0.15) is 0 Å². The fraction of sp³-hybridized carbons (Fsp3) is 0.941. The van der Waals surface area contributed by atoms with Crippen molar-refractivity contribution in [3.05, 3.63) is 0 Å². The van der Waals surface area contributed by atoms with E-state index < -0.39 is 16.8 Å². The highest BCUT2D eigenvalue weighted by atomic mass is 16.6. The Morgan fingerprint density at radius 1 is 0.744 bits per heavy atom. The summed E-state index contributed by atoms with van der Waals surface area (Å²) in [5.74, 6) is 0.790. The minimum atomic E-state index is -0.849. The van der Waals surface area contributed by atoms with Crippen LogP contribution in [0.15, 0.2) is 0 Å². The predicted octanol–water partition coefficient (Wildman–Crippen LogP) is 9.08. The molecule has 1 N–H and O–H groups in total. The normalized spacial score (nSPS) is 36.5. The molecule has 5 fully saturated rings. The van der Waals surface area contributed by atoms with Gasteiger partial charge in [-0.05, 0) is 95.3 Å². The Labute approximate surface area is 240 Å². The summed E-state index contributed by atoms with van der Waals surface area (Å²) in [6.07, 6.45) is 18.3. The van der Waals surface area contributed by atoms with E-state index in [1.54, 1.807) is 0 Å². The number of aliphatic hydroxyl groups is 1. The molecule has 0 aliphatic heterocycles. The van der Waals surface area contributed by atoms with Crippen molar-refractivity contribution in [1.82, 2.24) is 0 Å².